The maximum absolute atomic E-state index is 5.62. The highest BCUT2D eigenvalue weighted by Crippen LogP contribution is 2.13. The molecule has 0 saturated carbocycles. The first kappa shape index (κ1) is 9.92. The van der Waals surface area contributed by atoms with Crippen LogP contribution in [0.4, 0.5) is 0 Å². The Bertz CT molecular complexity index is 97.4. The summed E-state index contributed by atoms with van der Waals surface area (Å²) in [5.74, 6) is 0. The molecule has 0 heterocycles. The highest BCUT2D eigenvalue weighted by Gasteiger charge is 2.21. The van der Waals surface area contributed by atoms with E-state index >= 15 is 0 Å². The minimum Gasteiger partial charge on any atom is -0.358 e. The highest BCUT2D eigenvalue weighted by atomic mass is 16.5. The van der Waals surface area contributed by atoms with Gasteiger partial charge in [-0.3, -0.25) is 4.90 Å². The lowest BCUT2D eigenvalue weighted by molar-refractivity contribution is -0.137. The SMILES string of the molecule is CC(C)OC(C)(C)N(C)C. The summed E-state index contributed by atoms with van der Waals surface area (Å²) in [6.45, 7) is 8.22. The molecule has 0 unspecified atom stereocenters. The van der Waals surface area contributed by atoms with Gasteiger partial charge in [-0.05, 0) is 41.8 Å². The van der Waals surface area contributed by atoms with Gasteiger partial charge >= 0.3 is 0 Å². The summed E-state index contributed by atoms with van der Waals surface area (Å²) in [7, 11) is 4.03. The zero-order valence-corrected chi connectivity index (χ0v) is 7.93. The second-order valence-electron chi connectivity index (χ2n) is 3.51. The van der Waals surface area contributed by atoms with E-state index in [1.807, 2.05) is 27.9 Å². The van der Waals surface area contributed by atoms with E-state index in [9.17, 15) is 0 Å². The van der Waals surface area contributed by atoms with Crippen molar-refractivity contribution in [3.8, 4) is 0 Å². The van der Waals surface area contributed by atoms with Gasteiger partial charge in [-0.1, -0.05) is 0 Å². The maximum Gasteiger partial charge on any atom is 0.115 e. The number of hydrogen-bond donors (Lipinski definition) is 0. The Hall–Kier alpha value is -0.0800. The zero-order chi connectivity index (χ0) is 8.36. The van der Waals surface area contributed by atoms with E-state index in [1.54, 1.807) is 0 Å². The maximum atomic E-state index is 5.62. The van der Waals surface area contributed by atoms with Gasteiger partial charge in [0.05, 0.1) is 6.10 Å². The fourth-order valence-electron chi connectivity index (χ4n) is 0.682. The molecule has 0 aliphatic carbocycles. The Morgan fingerprint density at radius 2 is 1.60 bits per heavy atom. The molecule has 0 saturated heterocycles. The van der Waals surface area contributed by atoms with Crippen molar-refractivity contribution in [3.05, 3.63) is 0 Å². The van der Waals surface area contributed by atoms with E-state index in [0.29, 0.717) is 0 Å². The topological polar surface area (TPSA) is 12.5 Å². The molecule has 0 fully saturated rings. The Balaban J connectivity index is 3.87. The minimum absolute atomic E-state index is 0.145. The van der Waals surface area contributed by atoms with Gasteiger partial charge in [0.1, 0.15) is 5.72 Å². The van der Waals surface area contributed by atoms with Crippen LogP contribution in [-0.4, -0.2) is 30.8 Å². The molecular weight excluding hydrogens is 126 g/mol. The van der Waals surface area contributed by atoms with Crippen LogP contribution in [0.3, 0.4) is 0 Å². The van der Waals surface area contributed by atoms with Crippen LogP contribution in [0.25, 0.3) is 0 Å². The predicted molar refractivity (Wildman–Crippen MR) is 44.0 cm³/mol. The lowest BCUT2D eigenvalue weighted by atomic mass is 10.3. The third kappa shape index (κ3) is 3.18. The van der Waals surface area contributed by atoms with E-state index in [2.05, 4.69) is 18.7 Å². The summed E-state index contributed by atoms with van der Waals surface area (Å²) < 4.78 is 5.62. The molecule has 0 aliphatic rings. The highest BCUT2D eigenvalue weighted by molar-refractivity contribution is 4.64. The molecule has 0 atom stereocenters. The van der Waals surface area contributed by atoms with Crippen LogP contribution in [0.1, 0.15) is 27.7 Å². The molecule has 2 nitrogen and oxygen atoms in total. The molecule has 0 N–H and O–H groups in total. The van der Waals surface area contributed by atoms with Crippen LogP contribution < -0.4 is 0 Å². The Morgan fingerprint density at radius 1 is 1.20 bits per heavy atom. The number of rotatable bonds is 3. The first-order valence-corrected chi connectivity index (χ1v) is 3.71. The summed E-state index contributed by atoms with van der Waals surface area (Å²) >= 11 is 0. The van der Waals surface area contributed by atoms with E-state index in [0.717, 1.165) is 0 Å². The van der Waals surface area contributed by atoms with E-state index in [4.69, 9.17) is 4.74 Å². The van der Waals surface area contributed by atoms with E-state index in [1.165, 1.54) is 0 Å². The second-order valence-corrected chi connectivity index (χ2v) is 3.51. The monoisotopic (exact) mass is 145 g/mol. The summed E-state index contributed by atoms with van der Waals surface area (Å²) in [5, 5.41) is 0. The van der Waals surface area contributed by atoms with Crippen molar-refractivity contribution < 1.29 is 4.74 Å². The molecule has 0 radical (unpaired) electrons. The molecule has 0 aromatic rings. The van der Waals surface area contributed by atoms with E-state index in [-0.39, 0.29) is 11.8 Å². The van der Waals surface area contributed by atoms with Gasteiger partial charge in [0.15, 0.2) is 0 Å². The van der Waals surface area contributed by atoms with Crippen molar-refractivity contribution in [2.75, 3.05) is 14.1 Å². The summed E-state index contributed by atoms with van der Waals surface area (Å²) in [6, 6.07) is 0. The molecule has 0 aromatic heterocycles. The van der Waals surface area contributed by atoms with Crippen molar-refractivity contribution in [1.29, 1.82) is 0 Å². The van der Waals surface area contributed by atoms with Gasteiger partial charge in [-0.25, -0.2) is 0 Å². The number of ether oxygens (including phenoxy) is 1. The second kappa shape index (κ2) is 3.35. The lowest BCUT2D eigenvalue weighted by Gasteiger charge is -2.34. The van der Waals surface area contributed by atoms with Crippen LogP contribution in [0.15, 0.2) is 0 Å². The normalized spacial score (nSPS) is 13.2. The van der Waals surface area contributed by atoms with Crippen molar-refractivity contribution in [3.63, 3.8) is 0 Å². The smallest absolute Gasteiger partial charge is 0.115 e. The van der Waals surface area contributed by atoms with Crippen LogP contribution >= 0.6 is 0 Å². The Morgan fingerprint density at radius 3 is 1.70 bits per heavy atom. The molecule has 0 spiro atoms. The molecule has 10 heavy (non-hydrogen) atoms. The third-order valence-electron chi connectivity index (χ3n) is 1.60. The molecular formula is C8H19NO. The van der Waals surface area contributed by atoms with Crippen molar-refractivity contribution >= 4 is 0 Å². The molecule has 0 rings (SSSR count). The molecule has 0 aliphatic heterocycles. The van der Waals surface area contributed by atoms with Gasteiger partial charge in [-0.2, -0.15) is 0 Å². The lowest BCUT2D eigenvalue weighted by Crippen LogP contribution is -2.42. The summed E-state index contributed by atoms with van der Waals surface area (Å²) in [4.78, 5) is 2.06. The predicted octanol–water partition coefficient (Wildman–Crippen LogP) is 1.71. The quantitative estimate of drug-likeness (QED) is 0.560. The standard InChI is InChI=1S/C8H19NO/c1-7(2)10-8(3,4)9(5)6/h7H,1-6H3. The number of nitrogens with zero attached hydrogens (tertiary/aromatic N) is 1. The van der Waals surface area contributed by atoms with Crippen LogP contribution in [-0.2, 0) is 4.74 Å². The molecule has 0 bridgehead atoms. The Labute approximate surface area is 64.2 Å². The van der Waals surface area contributed by atoms with Gasteiger partial charge in [0, 0.05) is 0 Å². The molecule has 2 heteroatoms. The first-order valence-electron chi connectivity index (χ1n) is 3.71. The summed E-state index contributed by atoms with van der Waals surface area (Å²) in [5.41, 5.74) is -0.145. The molecule has 0 aromatic carbocycles. The fourth-order valence-corrected chi connectivity index (χ4v) is 0.682. The van der Waals surface area contributed by atoms with Gasteiger partial charge < -0.3 is 4.74 Å². The van der Waals surface area contributed by atoms with Crippen molar-refractivity contribution in [1.82, 2.24) is 4.90 Å². The largest absolute Gasteiger partial charge is 0.358 e. The van der Waals surface area contributed by atoms with Gasteiger partial charge in [0.2, 0.25) is 0 Å². The first-order chi connectivity index (χ1) is 4.36. The van der Waals surface area contributed by atoms with Gasteiger partial charge in [0.25, 0.3) is 0 Å². The van der Waals surface area contributed by atoms with E-state index < -0.39 is 0 Å². The summed E-state index contributed by atoms with van der Waals surface area (Å²) in [6.07, 6.45) is 0.289. The number of hydrogen-bond acceptors (Lipinski definition) is 2. The molecule has 62 valence electrons. The third-order valence-corrected chi connectivity index (χ3v) is 1.60. The van der Waals surface area contributed by atoms with Crippen molar-refractivity contribution in [2.24, 2.45) is 0 Å². The minimum atomic E-state index is -0.145. The van der Waals surface area contributed by atoms with Crippen LogP contribution in [0, 0.1) is 0 Å². The van der Waals surface area contributed by atoms with Crippen LogP contribution in [0.2, 0.25) is 0 Å². The van der Waals surface area contributed by atoms with Crippen molar-refractivity contribution in [2.45, 2.75) is 39.5 Å². The van der Waals surface area contributed by atoms with Crippen LogP contribution in [0.5, 0.6) is 0 Å². The fraction of sp³-hybridized carbons (Fsp3) is 1.00. The Kier molecular flexibility index (Phi) is 3.33. The zero-order valence-electron chi connectivity index (χ0n) is 7.93. The average molecular weight is 145 g/mol. The van der Waals surface area contributed by atoms with Gasteiger partial charge in [-0.15, -0.1) is 0 Å². The molecule has 0 amide bonds. The average Bonchev–Trinajstić information content (AvgIpc) is 1.60.